The predicted molar refractivity (Wildman–Crippen MR) is 87.8 cm³/mol. The third-order valence-electron chi connectivity index (χ3n) is 3.40. The summed E-state index contributed by atoms with van der Waals surface area (Å²) in [7, 11) is 3.18. The van der Waals surface area contributed by atoms with Crippen molar-refractivity contribution in [1.82, 2.24) is 0 Å². The lowest BCUT2D eigenvalue weighted by atomic mass is 10.1. The highest BCUT2D eigenvalue weighted by atomic mass is 16.6. The molecule has 0 aliphatic carbocycles. The molecule has 0 heterocycles. The van der Waals surface area contributed by atoms with E-state index < -0.39 is 0 Å². The summed E-state index contributed by atoms with van der Waals surface area (Å²) in [6, 6.07) is 13.1. The molecule has 0 aliphatic rings. The zero-order valence-corrected chi connectivity index (χ0v) is 13.4. The Hall–Kier alpha value is -3.00. The number of hydrogen-bond donors (Lipinski definition) is 0. The molecular formula is C18H18N2O3. The standard InChI is InChI=1S/C18H18N2O3/c1-13-8-17(21-2)18(22-3)9-16(13)11-20-23-12-15-7-5-4-6-14(15)10-19/h4-9,11H,12H2,1-3H3/b20-11-. The van der Waals surface area contributed by atoms with Crippen LogP contribution in [0.4, 0.5) is 0 Å². The van der Waals surface area contributed by atoms with Crippen molar-refractivity contribution in [1.29, 1.82) is 5.26 Å². The van der Waals surface area contributed by atoms with Gasteiger partial charge in [-0.25, -0.2) is 0 Å². The first kappa shape index (κ1) is 16.4. The fourth-order valence-electron chi connectivity index (χ4n) is 2.09. The number of oxime groups is 1. The Morgan fingerprint density at radius 3 is 2.52 bits per heavy atom. The van der Waals surface area contributed by atoms with Gasteiger partial charge >= 0.3 is 0 Å². The number of nitriles is 1. The second-order valence-corrected chi connectivity index (χ2v) is 4.84. The Morgan fingerprint density at radius 1 is 1.13 bits per heavy atom. The predicted octanol–water partition coefficient (Wildman–Crippen LogP) is 3.43. The van der Waals surface area contributed by atoms with Gasteiger partial charge in [-0.05, 0) is 30.7 Å². The molecule has 118 valence electrons. The molecule has 2 aromatic rings. The van der Waals surface area contributed by atoms with Gasteiger partial charge < -0.3 is 14.3 Å². The van der Waals surface area contributed by atoms with Crippen LogP contribution in [0.3, 0.4) is 0 Å². The van der Waals surface area contributed by atoms with Gasteiger partial charge in [0.1, 0.15) is 6.61 Å². The number of ether oxygens (including phenoxy) is 2. The number of benzene rings is 2. The Kier molecular flexibility index (Phi) is 5.59. The molecule has 23 heavy (non-hydrogen) atoms. The molecule has 0 saturated heterocycles. The van der Waals surface area contributed by atoms with Crippen molar-refractivity contribution in [2.75, 3.05) is 14.2 Å². The SMILES string of the molecule is COc1cc(C)c(/C=N\OCc2ccccc2C#N)cc1OC. The van der Waals surface area contributed by atoms with Crippen molar-refractivity contribution in [2.24, 2.45) is 5.16 Å². The van der Waals surface area contributed by atoms with Crippen LogP contribution in [-0.4, -0.2) is 20.4 Å². The smallest absolute Gasteiger partial charge is 0.161 e. The van der Waals surface area contributed by atoms with Gasteiger partial charge in [-0.15, -0.1) is 0 Å². The third kappa shape index (κ3) is 4.01. The molecule has 0 spiro atoms. The van der Waals surface area contributed by atoms with Crippen LogP contribution in [0, 0.1) is 18.3 Å². The van der Waals surface area contributed by atoms with Crippen molar-refractivity contribution >= 4 is 6.21 Å². The first-order valence-corrected chi connectivity index (χ1v) is 7.05. The van der Waals surface area contributed by atoms with Gasteiger partial charge in [-0.3, -0.25) is 0 Å². The fraction of sp³-hybridized carbons (Fsp3) is 0.222. The molecule has 0 amide bonds. The van der Waals surface area contributed by atoms with Gasteiger partial charge in [-0.2, -0.15) is 5.26 Å². The summed E-state index contributed by atoms with van der Waals surface area (Å²) in [4.78, 5) is 5.30. The lowest BCUT2D eigenvalue weighted by Gasteiger charge is -2.10. The minimum absolute atomic E-state index is 0.243. The summed E-state index contributed by atoms with van der Waals surface area (Å²) in [6.07, 6.45) is 1.62. The van der Waals surface area contributed by atoms with Gasteiger partial charge in [0, 0.05) is 11.1 Å². The maximum atomic E-state index is 9.03. The van der Waals surface area contributed by atoms with Crippen molar-refractivity contribution < 1.29 is 14.3 Å². The molecule has 0 N–H and O–H groups in total. The van der Waals surface area contributed by atoms with Crippen LogP contribution < -0.4 is 9.47 Å². The van der Waals surface area contributed by atoms with Crippen LogP contribution in [0.25, 0.3) is 0 Å². The average molecular weight is 310 g/mol. The maximum Gasteiger partial charge on any atom is 0.161 e. The van der Waals surface area contributed by atoms with E-state index in [0.29, 0.717) is 17.1 Å². The van der Waals surface area contributed by atoms with E-state index in [9.17, 15) is 0 Å². The normalized spacial score (nSPS) is 10.3. The second kappa shape index (κ2) is 7.85. The maximum absolute atomic E-state index is 9.03. The van der Waals surface area contributed by atoms with E-state index >= 15 is 0 Å². The highest BCUT2D eigenvalue weighted by molar-refractivity contribution is 5.82. The van der Waals surface area contributed by atoms with Gasteiger partial charge in [0.05, 0.1) is 32.1 Å². The highest BCUT2D eigenvalue weighted by Crippen LogP contribution is 2.29. The topological polar surface area (TPSA) is 63.8 Å². The van der Waals surface area contributed by atoms with Gasteiger partial charge in [0.15, 0.2) is 11.5 Å². The van der Waals surface area contributed by atoms with Crippen molar-refractivity contribution in [3.63, 3.8) is 0 Å². The first-order valence-electron chi connectivity index (χ1n) is 7.05. The molecular weight excluding hydrogens is 292 g/mol. The van der Waals surface area contributed by atoms with Crippen LogP contribution in [0.1, 0.15) is 22.3 Å². The molecule has 0 aromatic heterocycles. The van der Waals surface area contributed by atoms with Crippen LogP contribution in [0.15, 0.2) is 41.6 Å². The molecule has 2 aromatic carbocycles. The Bertz CT molecular complexity index is 748. The summed E-state index contributed by atoms with van der Waals surface area (Å²) in [5.41, 5.74) is 3.25. The monoisotopic (exact) mass is 310 g/mol. The minimum Gasteiger partial charge on any atom is -0.493 e. The Morgan fingerprint density at radius 2 is 1.83 bits per heavy atom. The zero-order valence-electron chi connectivity index (χ0n) is 13.4. The largest absolute Gasteiger partial charge is 0.493 e. The summed E-state index contributed by atoms with van der Waals surface area (Å²) in [5, 5.41) is 13.0. The number of nitrogens with zero attached hydrogens (tertiary/aromatic N) is 2. The van der Waals surface area contributed by atoms with Crippen LogP contribution >= 0.6 is 0 Å². The van der Waals surface area contributed by atoms with E-state index in [0.717, 1.165) is 16.7 Å². The van der Waals surface area contributed by atoms with Crippen LogP contribution in [0.5, 0.6) is 11.5 Å². The van der Waals surface area contributed by atoms with E-state index in [1.807, 2.05) is 37.3 Å². The molecule has 5 heteroatoms. The van der Waals surface area contributed by atoms with Crippen LogP contribution in [-0.2, 0) is 11.4 Å². The van der Waals surface area contributed by atoms with Gasteiger partial charge in [0.25, 0.3) is 0 Å². The minimum atomic E-state index is 0.243. The summed E-state index contributed by atoms with van der Waals surface area (Å²) in [5.74, 6) is 1.31. The third-order valence-corrected chi connectivity index (χ3v) is 3.40. The molecule has 0 saturated carbocycles. The quantitative estimate of drug-likeness (QED) is 0.605. The van der Waals surface area contributed by atoms with Crippen LogP contribution in [0.2, 0.25) is 0 Å². The van der Waals surface area contributed by atoms with E-state index in [2.05, 4.69) is 11.2 Å². The Balaban J connectivity index is 2.08. The summed E-state index contributed by atoms with van der Waals surface area (Å²) < 4.78 is 10.5. The Labute approximate surface area is 135 Å². The van der Waals surface area contributed by atoms with E-state index in [4.69, 9.17) is 19.6 Å². The molecule has 0 atom stereocenters. The number of methoxy groups -OCH3 is 2. The van der Waals surface area contributed by atoms with E-state index in [1.54, 1.807) is 26.5 Å². The first-order chi connectivity index (χ1) is 11.2. The van der Waals surface area contributed by atoms with Gasteiger partial charge in [0.2, 0.25) is 0 Å². The van der Waals surface area contributed by atoms with Crippen molar-refractivity contribution in [2.45, 2.75) is 13.5 Å². The molecule has 5 nitrogen and oxygen atoms in total. The van der Waals surface area contributed by atoms with Gasteiger partial charge in [-0.1, -0.05) is 23.4 Å². The van der Waals surface area contributed by atoms with Crippen molar-refractivity contribution in [3.8, 4) is 17.6 Å². The lowest BCUT2D eigenvalue weighted by molar-refractivity contribution is 0.132. The zero-order chi connectivity index (χ0) is 16.7. The molecule has 0 bridgehead atoms. The van der Waals surface area contributed by atoms with E-state index in [1.165, 1.54) is 0 Å². The summed E-state index contributed by atoms with van der Waals surface area (Å²) in [6.45, 7) is 2.20. The second-order valence-electron chi connectivity index (χ2n) is 4.84. The molecule has 0 fully saturated rings. The molecule has 0 radical (unpaired) electrons. The fourth-order valence-corrected chi connectivity index (χ4v) is 2.09. The summed E-state index contributed by atoms with van der Waals surface area (Å²) >= 11 is 0. The lowest BCUT2D eigenvalue weighted by Crippen LogP contribution is -1.96. The average Bonchev–Trinajstić information content (AvgIpc) is 2.59. The number of rotatable bonds is 6. The molecule has 0 aliphatic heterocycles. The molecule has 0 unspecified atom stereocenters. The number of aryl methyl sites for hydroxylation is 1. The number of hydrogen-bond acceptors (Lipinski definition) is 5. The molecule has 2 rings (SSSR count). The van der Waals surface area contributed by atoms with E-state index in [-0.39, 0.29) is 6.61 Å². The highest BCUT2D eigenvalue weighted by Gasteiger charge is 2.07. The van der Waals surface area contributed by atoms with Crippen molar-refractivity contribution in [3.05, 3.63) is 58.7 Å².